The second-order valence-electron chi connectivity index (χ2n) is 5.06. The van der Waals surface area contributed by atoms with Crippen LogP contribution in [0, 0.1) is 0 Å². The van der Waals surface area contributed by atoms with Gasteiger partial charge in [-0.05, 0) is 30.5 Å². The molecule has 1 fully saturated rings. The van der Waals surface area contributed by atoms with Crippen molar-refractivity contribution in [3.63, 3.8) is 0 Å². The highest BCUT2D eigenvalue weighted by atomic mass is 16.4. The summed E-state index contributed by atoms with van der Waals surface area (Å²) in [6, 6.07) is 2.61. The van der Waals surface area contributed by atoms with E-state index >= 15 is 0 Å². The maximum atomic E-state index is 11.9. The summed E-state index contributed by atoms with van der Waals surface area (Å²) in [4.78, 5) is 24.8. The quantitative estimate of drug-likeness (QED) is 0.617. The van der Waals surface area contributed by atoms with Crippen LogP contribution in [0.3, 0.4) is 0 Å². The summed E-state index contributed by atoms with van der Waals surface area (Å²) >= 11 is 0. The van der Waals surface area contributed by atoms with E-state index in [2.05, 4.69) is 5.32 Å². The number of carbonyl (C=O) groups is 2. The molecule has 1 saturated heterocycles. The summed E-state index contributed by atoms with van der Waals surface area (Å²) in [5.41, 5.74) is 0.513. The molecule has 4 N–H and O–H groups in total. The Labute approximate surface area is 121 Å². The van der Waals surface area contributed by atoms with E-state index in [1.54, 1.807) is 4.90 Å². The molecule has 1 aliphatic heterocycles. The number of carboxylic acid groups (broad SMARTS) is 1. The number of aliphatic carboxylic acids is 1. The zero-order valence-electron chi connectivity index (χ0n) is 11.5. The highest BCUT2D eigenvalue weighted by Crippen LogP contribution is 2.25. The van der Waals surface area contributed by atoms with Crippen molar-refractivity contribution in [1.29, 1.82) is 0 Å². The van der Waals surface area contributed by atoms with Crippen LogP contribution >= 0.6 is 0 Å². The Kier molecular flexibility index (Phi) is 4.52. The van der Waals surface area contributed by atoms with Crippen LogP contribution in [0.15, 0.2) is 18.2 Å². The SMILES string of the molecule is O=C(O)[C@H](Cc1ccc(O)c(O)c1)NC(=O)N1CCCC1. The van der Waals surface area contributed by atoms with Gasteiger partial charge in [-0.3, -0.25) is 0 Å². The molecule has 1 aromatic carbocycles. The number of nitrogens with one attached hydrogen (secondary N) is 1. The van der Waals surface area contributed by atoms with Crippen LogP contribution in [0.5, 0.6) is 11.5 Å². The van der Waals surface area contributed by atoms with E-state index in [9.17, 15) is 24.9 Å². The number of phenolic OH excluding ortho intramolecular Hbond substituents is 2. The average Bonchev–Trinajstić information content (AvgIpc) is 2.96. The summed E-state index contributed by atoms with van der Waals surface area (Å²) < 4.78 is 0. The van der Waals surface area contributed by atoms with Crippen LogP contribution in [-0.2, 0) is 11.2 Å². The van der Waals surface area contributed by atoms with Crippen molar-refractivity contribution >= 4 is 12.0 Å². The number of urea groups is 1. The minimum Gasteiger partial charge on any atom is -0.504 e. The molecule has 7 nitrogen and oxygen atoms in total. The Morgan fingerprint density at radius 2 is 1.86 bits per heavy atom. The number of carboxylic acids is 1. The van der Waals surface area contributed by atoms with E-state index in [4.69, 9.17) is 0 Å². The largest absolute Gasteiger partial charge is 0.504 e. The Morgan fingerprint density at radius 1 is 1.19 bits per heavy atom. The van der Waals surface area contributed by atoms with Gasteiger partial charge in [-0.1, -0.05) is 6.07 Å². The highest BCUT2D eigenvalue weighted by Gasteiger charge is 2.25. The number of hydrogen-bond donors (Lipinski definition) is 4. The molecule has 0 unspecified atom stereocenters. The minimum absolute atomic E-state index is 0.0305. The van der Waals surface area contributed by atoms with E-state index < -0.39 is 12.0 Å². The summed E-state index contributed by atoms with van der Waals surface area (Å²) in [5.74, 6) is -1.73. The molecule has 1 heterocycles. The second kappa shape index (κ2) is 6.34. The first-order valence-corrected chi connectivity index (χ1v) is 6.76. The molecule has 21 heavy (non-hydrogen) atoms. The van der Waals surface area contributed by atoms with Crippen molar-refractivity contribution in [3.05, 3.63) is 23.8 Å². The number of benzene rings is 1. The van der Waals surface area contributed by atoms with Gasteiger partial charge in [0.15, 0.2) is 11.5 Å². The van der Waals surface area contributed by atoms with E-state index in [-0.39, 0.29) is 24.0 Å². The number of rotatable bonds is 4. The zero-order chi connectivity index (χ0) is 15.4. The van der Waals surface area contributed by atoms with Crippen LogP contribution in [-0.4, -0.2) is 51.4 Å². The molecule has 0 radical (unpaired) electrons. The third-order valence-electron chi connectivity index (χ3n) is 3.47. The molecule has 0 bridgehead atoms. The van der Waals surface area contributed by atoms with Crippen molar-refractivity contribution in [2.45, 2.75) is 25.3 Å². The van der Waals surface area contributed by atoms with Crippen molar-refractivity contribution in [3.8, 4) is 11.5 Å². The number of carbonyl (C=O) groups excluding carboxylic acids is 1. The van der Waals surface area contributed by atoms with Gasteiger partial charge in [0.25, 0.3) is 0 Å². The maximum absolute atomic E-state index is 11.9. The topological polar surface area (TPSA) is 110 Å². The summed E-state index contributed by atoms with van der Waals surface area (Å²) in [5, 5.41) is 30.3. The van der Waals surface area contributed by atoms with Gasteiger partial charge in [-0.15, -0.1) is 0 Å². The fourth-order valence-electron chi connectivity index (χ4n) is 2.29. The third kappa shape index (κ3) is 3.77. The standard InChI is InChI=1S/C14H18N2O5/c17-11-4-3-9(8-12(11)18)7-10(13(19)20)15-14(21)16-5-1-2-6-16/h3-4,8,10,17-18H,1-2,5-7H2,(H,15,21)(H,19,20)/t10-/m0/s1. The lowest BCUT2D eigenvalue weighted by atomic mass is 10.1. The van der Waals surface area contributed by atoms with Crippen molar-refractivity contribution in [2.75, 3.05) is 13.1 Å². The number of aromatic hydroxyl groups is 2. The van der Waals surface area contributed by atoms with Crippen molar-refractivity contribution in [1.82, 2.24) is 10.2 Å². The predicted molar refractivity (Wildman–Crippen MR) is 74.2 cm³/mol. The average molecular weight is 294 g/mol. The number of phenols is 2. The normalized spacial score (nSPS) is 15.7. The summed E-state index contributed by atoms with van der Waals surface area (Å²) in [6.45, 7) is 1.27. The minimum atomic E-state index is -1.14. The van der Waals surface area contributed by atoms with Crippen LogP contribution in [0.4, 0.5) is 4.79 Å². The van der Waals surface area contributed by atoms with Gasteiger partial charge >= 0.3 is 12.0 Å². The lowest BCUT2D eigenvalue weighted by Gasteiger charge is -2.20. The van der Waals surface area contributed by atoms with Gasteiger partial charge < -0.3 is 25.5 Å². The van der Waals surface area contributed by atoms with Crippen LogP contribution in [0.25, 0.3) is 0 Å². The summed E-state index contributed by atoms with van der Waals surface area (Å²) in [7, 11) is 0. The molecule has 1 aliphatic rings. The molecule has 2 rings (SSSR count). The zero-order valence-corrected chi connectivity index (χ0v) is 11.5. The monoisotopic (exact) mass is 294 g/mol. The lowest BCUT2D eigenvalue weighted by Crippen LogP contribution is -2.48. The first-order valence-electron chi connectivity index (χ1n) is 6.76. The molecule has 1 aromatic rings. The van der Waals surface area contributed by atoms with Gasteiger partial charge in [-0.25, -0.2) is 9.59 Å². The first-order chi connectivity index (χ1) is 9.97. The number of nitrogens with zero attached hydrogens (tertiary/aromatic N) is 1. The molecule has 1 atom stereocenters. The molecule has 0 aromatic heterocycles. The fourth-order valence-corrected chi connectivity index (χ4v) is 2.29. The van der Waals surface area contributed by atoms with E-state index in [0.29, 0.717) is 18.7 Å². The molecule has 2 amide bonds. The molecule has 0 aliphatic carbocycles. The van der Waals surface area contributed by atoms with Crippen LogP contribution < -0.4 is 5.32 Å². The first kappa shape index (κ1) is 15.0. The van der Waals surface area contributed by atoms with Crippen LogP contribution in [0.2, 0.25) is 0 Å². The Balaban J connectivity index is 2.03. The number of amides is 2. The van der Waals surface area contributed by atoms with Crippen molar-refractivity contribution in [2.24, 2.45) is 0 Å². The van der Waals surface area contributed by atoms with Gasteiger partial charge in [0.1, 0.15) is 6.04 Å². The second-order valence-corrected chi connectivity index (χ2v) is 5.06. The predicted octanol–water partition coefficient (Wildman–Crippen LogP) is 0.899. The van der Waals surface area contributed by atoms with Gasteiger partial charge in [0.05, 0.1) is 0 Å². The third-order valence-corrected chi connectivity index (χ3v) is 3.47. The number of likely N-dealkylation sites (tertiary alicyclic amines) is 1. The van der Waals surface area contributed by atoms with E-state index in [1.807, 2.05) is 0 Å². The number of hydrogen-bond acceptors (Lipinski definition) is 4. The fraction of sp³-hybridized carbons (Fsp3) is 0.429. The molecule has 0 saturated carbocycles. The molecule has 7 heteroatoms. The smallest absolute Gasteiger partial charge is 0.326 e. The van der Waals surface area contributed by atoms with Gasteiger partial charge in [0, 0.05) is 19.5 Å². The van der Waals surface area contributed by atoms with Crippen LogP contribution in [0.1, 0.15) is 18.4 Å². The van der Waals surface area contributed by atoms with Gasteiger partial charge in [0.2, 0.25) is 0 Å². The van der Waals surface area contributed by atoms with E-state index in [1.165, 1.54) is 18.2 Å². The molecule has 0 spiro atoms. The molecular weight excluding hydrogens is 276 g/mol. The highest BCUT2D eigenvalue weighted by molar-refractivity contribution is 5.83. The Hall–Kier alpha value is -2.44. The maximum Gasteiger partial charge on any atom is 0.326 e. The van der Waals surface area contributed by atoms with E-state index in [0.717, 1.165) is 12.8 Å². The molecule has 114 valence electrons. The molecular formula is C14H18N2O5. The van der Waals surface area contributed by atoms with Crippen molar-refractivity contribution < 1.29 is 24.9 Å². The van der Waals surface area contributed by atoms with Gasteiger partial charge in [-0.2, -0.15) is 0 Å². The lowest BCUT2D eigenvalue weighted by molar-refractivity contribution is -0.139. The Morgan fingerprint density at radius 3 is 2.43 bits per heavy atom. The summed E-state index contributed by atoms with van der Waals surface area (Å²) in [6.07, 6.45) is 1.89. The Bertz CT molecular complexity index is 540.